The van der Waals surface area contributed by atoms with E-state index in [4.69, 9.17) is 15.1 Å². The van der Waals surface area contributed by atoms with Crippen LogP contribution in [0.1, 0.15) is 18.7 Å². The molecule has 0 radical (unpaired) electrons. The molecular formula is C23H32F2N8O2S. The highest BCUT2D eigenvalue weighted by Gasteiger charge is 2.24. The normalized spacial score (nSPS) is 19.1. The Morgan fingerprint density at radius 1 is 1.33 bits per heavy atom. The molecule has 1 unspecified atom stereocenters. The van der Waals surface area contributed by atoms with Gasteiger partial charge in [0.25, 0.3) is 6.43 Å². The summed E-state index contributed by atoms with van der Waals surface area (Å²) in [6, 6.07) is 4.02. The van der Waals surface area contributed by atoms with Crippen molar-refractivity contribution in [2.45, 2.75) is 19.3 Å². The van der Waals surface area contributed by atoms with E-state index in [-0.39, 0.29) is 0 Å². The summed E-state index contributed by atoms with van der Waals surface area (Å²) in [7, 11) is 0. The maximum atomic E-state index is 12.6. The number of ether oxygens (including phenoxy) is 1. The van der Waals surface area contributed by atoms with Crippen molar-refractivity contribution < 1.29 is 18.7 Å². The van der Waals surface area contributed by atoms with Gasteiger partial charge in [-0.15, -0.1) is 0 Å². The Kier molecular flexibility index (Phi) is 9.26. The summed E-state index contributed by atoms with van der Waals surface area (Å²) in [4.78, 5) is 16.9. The fraction of sp³-hybridized carbons (Fsp3) is 0.522. The number of aromatic amines is 1. The predicted octanol–water partition coefficient (Wildman–Crippen LogP) is 3.30. The van der Waals surface area contributed by atoms with Crippen LogP contribution in [0.4, 0.5) is 20.4 Å². The second-order valence-electron chi connectivity index (χ2n) is 8.72. The third-order valence-corrected chi connectivity index (χ3v) is 6.70. The molecule has 0 amide bonds. The number of piperidine rings is 1. The number of morpholine rings is 1. The van der Waals surface area contributed by atoms with E-state index in [9.17, 15) is 14.0 Å². The van der Waals surface area contributed by atoms with Gasteiger partial charge in [-0.05, 0) is 55.0 Å². The average molecular weight is 523 g/mol. The minimum absolute atomic E-state index is 0.354. The lowest BCUT2D eigenvalue weighted by molar-refractivity contribution is -0.0355. The Morgan fingerprint density at radius 2 is 2.08 bits per heavy atom. The summed E-state index contributed by atoms with van der Waals surface area (Å²) in [5.74, 6) is 2.46. The summed E-state index contributed by atoms with van der Waals surface area (Å²) in [6.07, 6.45) is 5.15. The van der Waals surface area contributed by atoms with Gasteiger partial charge in [0.1, 0.15) is 17.5 Å². The fourth-order valence-electron chi connectivity index (χ4n) is 4.29. The highest BCUT2D eigenvalue weighted by atomic mass is 32.2. The summed E-state index contributed by atoms with van der Waals surface area (Å²) < 4.78 is 31.8. The molecule has 13 heteroatoms. The minimum Gasteiger partial charge on any atom is -0.378 e. The van der Waals surface area contributed by atoms with Gasteiger partial charge in [0.2, 0.25) is 0 Å². The van der Waals surface area contributed by atoms with E-state index in [1.54, 1.807) is 12.5 Å². The molecule has 0 aliphatic carbocycles. The Balaban J connectivity index is 1.58. The van der Waals surface area contributed by atoms with Crippen LogP contribution in [0, 0.1) is 11.3 Å². The third kappa shape index (κ3) is 7.01. The van der Waals surface area contributed by atoms with Crippen LogP contribution >= 0.6 is 11.9 Å². The monoisotopic (exact) mass is 522 g/mol. The van der Waals surface area contributed by atoms with E-state index in [0.717, 1.165) is 72.6 Å². The summed E-state index contributed by atoms with van der Waals surface area (Å²) in [5, 5.41) is 17.0. The van der Waals surface area contributed by atoms with Crippen molar-refractivity contribution in [2.24, 2.45) is 5.92 Å². The van der Waals surface area contributed by atoms with Crippen molar-refractivity contribution in [3.8, 4) is 11.3 Å². The zero-order valence-corrected chi connectivity index (χ0v) is 21.0. The van der Waals surface area contributed by atoms with Crippen LogP contribution in [0.15, 0.2) is 24.4 Å². The van der Waals surface area contributed by atoms with E-state index in [0.29, 0.717) is 31.5 Å². The van der Waals surface area contributed by atoms with Crippen molar-refractivity contribution in [3.05, 3.63) is 30.2 Å². The van der Waals surface area contributed by atoms with Crippen LogP contribution in [-0.4, -0.2) is 89.1 Å². The number of H-pyrrole nitrogens is 1. The van der Waals surface area contributed by atoms with Crippen molar-refractivity contribution >= 4 is 35.4 Å². The fourth-order valence-corrected chi connectivity index (χ4v) is 4.50. The number of imidazole rings is 1. The summed E-state index contributed by atoms with van der Waals surface area (Å²) >= 11 is 1.21. The first-order chi connectivity index (χ1) is 17.4. The lowest BCUT2D eigenvalue weighted by Gasteiger charge is -2.35. The van der Waals surface area contributed by atoms with E-state index in [1.165, 1.54) is 18.0 Å². The second kappa shape index (κ2) is 12.6. The molecule has 196 valence electrons. The molecule has 2 aliphatic rings. The van der Waals surface area contributed by atoms with E-state index in [2.05, 4.69) is 25.2 Å². The van der Waals surface area contributed by atoms with Gasteiger partial charge >= 0.3 is 0 Å². The van der Waals surface area contributed by atoms with Gasteiger partial charge in [0.05, 0.1) is 30.8 Å². The van der Waals surface area contributed by atoms with Gasteiger partial charge in [-0.2, -0.15) is 0 Å². The zero-order valence-electron chi connectivity index (χ0n) is 20.2. The second-order valence-corrected chi connectivity index (χ2v) is 9.43. The van der Waals surface area contributed by atoms with E-state index < -0.39 is 12.1 Å². The molecule has 0 saturated carbocycles. The smallest absolute Gasteiger partial charge is 0.279 e. The molecule has 4 heterocycles. The molecule has 36 heavy (non-hydrogen) atoms. The molecule has 10 nitrogen and oxygen atoms in total. The number of hydrogen-bond donors (Lipinski definition) is 4. The maximum Gasteiger partial charge on any atom is 0.279 e. The van der Waals surface area contributed by atoms with Gasteiger partial charge in [-0.3, -0.25) is 10.6 Å². The van der Waals surface area contributed by atoms with Crippen LogP contribution in [0.3, 0.4) is 0 Å². The first-order valence-electron chi connectivity index (χ1n) is 11.9. The molecule has 2 fully saturated rings. The number of alkyl halides is 2. The summed E-state index contributed by atoms with van der Waals surface area (Å²) in [6.45, 7) is 5.12. The number of allylic oxidation sites excluding steroid dienone is 1. The Bertz CT molecular complexity index is 1050. The SMILES string of the molecule is CSN(O)NCC1CCCN(c2cc(-c3cnc(/C=C\C(=N)C(F)F)[nH]3)cc(N3CCOCC3)n2)C1. The number of halogens is 2. The number of pyridine rings is 1. The van der Waals surface area contributed by atoms with Crippen LogP contribution in [0.2, 0.25) is 0 Å². The van der Waals surface area contributed by atoms with Gasteiger partial charge in [0, 0.05) is 44.5 Å². The molecule has 4 rings (SSSR count). The van der Waals surface area contributed by atoms with E-state index >= 15 is 0 Å². The molecule has 0 bridgehead atoms. The Morgan fingerprint density at radius 3 is 2.81 bits per heavy atom. The van der Waals surface area contributed by atoms with Crippen molar-refractivity contribution in [3.63, 3.8) is 0 Å². The minimum atomic E-state index is -2.82. The number of anilines is 2. The van der Waals surface area contributed by atoms with E-state index in [1.807, 2.05) is 12.1 Å². The first kappa shape index (κ1) is 26.5. The number of nitrogens with one attached hydrogen (secondary N) is 3. The average Bonchev–Trinajstić information content (AvgIpc) is 3.40. The van der Waals surface area contributed by atoms with Crippen molar-refractivity contribution in [1.29, 1.82) is 5.41 Å². The molecule has 2 aromatic heterocycles. The zero-order chi connectivity index (χ0) is 25.5. The number of nitrogens with zero attached hydrogens (tertiary/aromatic N) is 5. The van der Waals surface area contributed by atoms with Crippen molar-refractivity contribution in [1.82, 2.24) is 25.0 Å². The standard InChI is InChI=1S/C23H32F2N8O2S/c1-36-33(34)28-13-16-3-2-6-32(15-16)22-12-17(11-21(30-22)31-7-9-35-10-8-31)19-14-27-20(29-19)5-4-18(26)23(24)25/h4-5,11-12,14,16,23,26,28,34H,2-3,6-10,13,15H2,1H3,(H,27,29)/b5-4-,26-18?. The molecule has 0 aromatic carbocycles. The predicted molar refractivity (Wildman–Crippen MR) is 138 cm³/mol. The van der Waals surface area contributed by atoms with Crippen LogP contribution in [-0.2, 0) is 4.74 Å². The molecule has 2 saturated heterocycles. The van der Waals surface area contributed by atoms with Gasteiger partial charge in [-0.1, -0.05) is 4.58 Å². The number of rotatable bonds is 10. The number of hydrazine groups is 1. The molecule has 2 aliphatic heterocycles. The highest BCUT2D eigenvalue weighted by Crippen LogP contribution is 2.30. The lowest BCUT2D eigenvalue weighted by atomic mass is 9.98. The number of aromatic nitrogens is 3. The molecule has 1 atom stereocenters. The van der Waals surface area contributed by atoms with Crippen molar-refractivity contribution in [2.75, 3.05) is 62.0 Å². The third-order valence-electron chi connectivity index (χ3n) is 6.23. The Labute approximate surface area is 213 Å². The molecular weight excluding hydrogens is 490 g/mol. The number of hydrogen-bond acceptors (Lipinski definition) is 10. The maximum absolute atomic E-state index is 12.6. The molecule has 2 aromatic rings. The lowest BCUT2D eigenvalue weighted by Crippen LogP contribution is -2.43. The molecule has 0 spiro atoms. The largest absolute Gasteiger partial charge is 0.378 e. The Hall–Kier alpha value is -2.58. The van der Waals surface area contributed by atoms with Gasteiger partial charge in [0.15, 0.2) is 0 Å². The quantitative estimate of drug-likeness (QED) is 0.212. The molecule has 4 N–H and O–H groups in total. The van der Waals surface area contributed by atoms with Gasteiger partial charge in [-0.25, -0.2) is 24.2 Å². The van der Waals surface area contributed by atoms with Gasteiger partial charge < -0.3 is 19.5 Å². The van der Waals surface area contributed by atoms with Crippen LogP contribution in [0.5, 0.6) is 0 Å². The first-order valence-corrected chi connectivity index (χ1v) is 13.1. The topological polar surface area (TPSA) is 117 Å². The van der Waals surface area contributed by atoms with Crippen LogP contribution in [0.25, 0.3) is 17.3 Å². The highest BCUT2D eigenvalue weighted by molar-refractivity contribution is 7.96. The summed E-state index contributed by atoms with van der Waals surface area (Å²) in [5.41, 5.74) is 3.87. The van der Waals surface area contributed by atoms with Crippen LogP contribution < -0.4 is 15.2 Å².